The second-order valence-electron chi connectivity index (χ2n) is 2.94. The van der Waals surface area contributed by atoms with Crippen LogP contribution in [-0.4, -0.2) is 23.7 Å². The lowest BCUT2D eigenvalue weighted by Gasteiger charge is -2.05. The second-order valence-corrected chi connectivity index (χ2v) is 3.93. The maximum absolute atomic E-state index is 11.1. The third-order valence-corrected chi connectivity index (χ3v) is 2.41. The van der Waals surface area contributed by atoms with Crippen molar-refractivity contribution in [1.82, 2.24) is 0 Å². The molecule has 3 nitrogen and oxygen atoms in total. The van der Waals surface area contributed by atoms with E-state index in [1.807, 2.05) is 30.3 Å². The van der Waals surface area contributed by atoms with E-state index in [-0.39, 0.29) is 0 Å². The number of carbonyl (C=O) groups is 2. The van der Waals surface area contributed by atoms with E-state index >= 15 is 0 Å². The molecule has 80 valence electrons. The number of aldehydes is 1. The minimum atomic E-state index is -0.853. The van der Waals surface area contributed by atoms with Crippen LogP contribution in [0.4, 0.5) is 0 Å². The predicted octanol–water partition coefficient (Wildman–Crippen LogP) is 1.73. The number of alkyl halides is 1. The maximum Gasteiger partial charge on any atom is 0.327 e. The van der Waals surface area contributed by atoms with Crippen molar-refractivity contribution in [3.63, 3.8) is 0 Å². The monoisotopic (exact) mass is 270 g/mol. The van der Waals surface area contributed by atoms with Crippen LogP contribution in [0.3, 0.4) is 0 Å². The predicted molar refractivity (Wildman–Crippen MR) is 59.9 cm³/mol. The van der Waals surface area contributed by atoms with Gasteiger partial charge < -0.3 is 9.53 Å². The van der Waals surface area contributed by atoms with Gasteiger partial charge >= 0.3 is 5.97 Å². The molecule has 15 heavy (non-hydrogen) atoms. The molecule has 1 atom stereocenters. The van der Waals surface area contributed by atoms with E-state index in [9.17, 15) is 9.59 Å². The number of carbonyl (C=O) groups excluding carboxylic acids is 2. The Kier molecular flexibility index (Phi) is 5.04. The molecule has 0 spiro atoms. The van der Waals surface area contributed by atoms with Crippen molar-refractivity contribution in [2.24, 2.45) is 0 Å². The van der Waals surface area contributed by atoms with Crippen molar-refractivity contribution in [1.29, 1.82) is 0 Å². The van der Waals surface area contributed by atoms with Crippen LogP contribution in [0.15, 0.2) is 30.3 Å². The molecule has 0 N–H and O–H groups in total. The van der Waals surface area contributed by atoms with Gasteiger partial charge in [0.2, 0.25) is 0 Å². The van der Waals surface area contributed by atoms with Gasteiger partial charge in [0.1, 0.15) is 6.29 Å². The normalized spacial score (nSPS) is 11.8. The van der Waals surface area contributed by atoms with Crippen LogP contribution in [0.25, 0.3) is 0 Å². The van der Waals surface area contributed by atoms with Crippen LogP contribution in [-0.2, 0) is 20.7 Å². The molecular formula is C11H11BrO3. The molecule has 1 aromatic carbocycles. The SMILES string of the molecule is O=CC(Br)C(=O)OCCc1ccccc1. The van der Waals surface area contributed by atoms with Crippen molar-refractivity contribution in [3.8, 4) is 0 Å². The fourth-order valence-electron chi connectivity index (χ4n) is 1.05. The average Bonchev–Trinajstić information content (AvgIpc) is 2.29. The number of hydrogen-bond donors (Lipinski definition) is 0. The van der Waals surface area contributed by atoms with E-state index in [0.29, 0.717) is 19.3 Å². The highest BCUT2D eigenvalue weighted by atomic mass is 79.9. The van der Waals surface area contributed by atoms with E-state index in [1.54, 1.807) is 0 Å². The topological polar surface area (TPSA) is 43.4 Å². The van der Waals surface area contributed by atoms with Gasteiger partial charge in [0.15, 0.2) is 4.83 Å². The van der Waals surface area contributed by atoms with Gasteiger partial charge in [0, 0.05) is 6.42 Å². The minimum absolute atomic E-state index is 0.290. The van der Waals surface area contributed by atoms with Gasteiger partial charge in [-0.05, 0) is 5.56 Å². The Morgan fingerprint density at radius 1 is 1.40 bits per heavy atom. The van der Waals surface area contributed by atoms with Crippen molar-refractivity contribution >= 4 is 28.2 Å². The zero-order chi connectivity index (χ0) is 11.1. The largest absolute Gasteiger partial charge is 0.464 e. The smallest absolute Gasteiger partial charge is 0.327 e. The molecule has 0 bridgehead atoms. The molecule has 0 radical (unpaired) electrons. The third kappa shape index (κ3) is 4.25. The van der Waals surface area contributed by atoms with Gasteiger partial charge in [-0.15, -0.1) is 0 Å². The molecule has 0 saturated carbocycles. The summed E-state index contributed by atoms with van der Waals surface area (Å²) >= 11 is 2.89. The molecule has 1 unspecified atom stereocenters. The summed E-state index contributed by atoms with van der Waals surface area (Å²) in [5, 5.41) is 0. The Hall–Kier alpha value is -1.16. The average molecular weight is 271 g/mol. The van der Waals surface area contributed by atoms with Gasteiger partial charge in [-0.3, -0.25) is 4.79 Å². The first kappa shape index (κ1) is 11.9. The van der Waals surface area contributed by atoms with E-state index in [0.717, 1.165) is 5.56 Å². The summed E-state index contributed by atoms with van der Waals surface area (Å²) in [5.41, 5.74) is 1.10. The summed E-state index contributed by atoms with van der Waals surface area (Å²) < 4.78 is 4.88. The lowest BCUT2D eigenvalue weighted by atomic mass is 10.2. The standard InChI is InChI=1S/C11H11BrO3/c12-10(8-13)11(14)15-7-6-9-4-2-1-3-5-9/h1-5,8,10H,6-7H2. The summed E-state index contributed by atoms with van der Waals surface area (Å²) in [6.07, 6.45) is 1.16. The zero-order valence-corrected chi connectivity index (χ0v) is 9.64. The number of benzene rings is 1. The molecular weight excluding hydrogens is 260 g/mol. The molecule has 0 fully saturated rings. The van der Waals surface area contributed by atoms with Crippen molar-refractivity contribution in [2.75, 3.05) is 6.61 Å². The Morgan fingerprint density at radius 2 is 2.07 bits per heavy atom. The van der Waals surface area contributed by atoms with Crippen LogP contribution < -0.4 is 0 Å². The van der Waals surface area contributed by atoms with E-state index in [2.05, 4.69) is 15.9 Å². The van der Waals surface area contributed by atoms with Crippen molar-refractivity contribution < 1.29 is 14.3 Å². The van der Waals surface area contributed by atoms with Gasteiger partial charge in [-0.25, -0.2) is 0 Å². The molecule has 0 aliphatic rings. The van der Waals surface area contributed by atoms with Crippen LogP contribution in [0.1, 0.15) is 5.56 Å². The Labute approximate surface area is 96.6 Å². The molecule has 0 amide bonds. The number of halogens is 1. The molecule has 4 heteroatoms. The summed E-state index contributed by atoms with van der Waals surface area (Å²) in [5.74, 6) is -0.541. The first-order valence-corrected chi connectivity index (χ1v) is 5.45. The number of ether oxygens (including phenoxy) is 1. The lowest BCUT2D eigenvalue weighted by Crippen LogP contribution is -2.19. The first-order valence-electron chi connectivity index (χ1n) is 4.54. The second kappa shape index (κ2) is 6.35. The van der Waals surface area contributed by atoms with Crippen molar-refractivity contribution in [3.05, 3.63) is 35.9 Å². The van der Waals surface area contributed by atoms with E-state index < -0.39 is 10.8 Å². The third-order valence-electron chi connectivity index (χ3n) is 1.82. The van der Waals surface area contributed by atoms with E-state index in [1.165, 1.54) is 0 Å². The summed E-state index contributed by atoms with van der Waals surface area (Å²) in [4.78, 5) is 20.4. The van der Waals surface area contributed by atoms with Crippen LogP contribution in [0, 0.1) is 0 Å². The maximum atomic E-state index is 11.1. The first-order chi connectivity index (χ1) is 7.24. The quantitative estimate of drug-likeness (QED) is 0.354. The Morgan fingerprint density at radius 3 is 2.67 bits per heavy atom. The highest BCUT2D eigenvalue weighted by Crippen LogP contribution is 2.02. The molecule has 1 rings (SSSR count). The fourth-order valence-corrected chi connectivity index (χ4v) is 1.18. The van der Waals surface area contributed by atoms with E-state index in [4.69, 9.17) is 4.74 Å². The van der Waals surface area contributed by atoms with Gasteiger partial charge in [-0.2, -0.15) is 0 Å². The molecule has 0 saturated heterocycles. The number of hydrogen-bond acceptors (Lipinski definition) is 3. The molecule has 0 aliphatic heterocycles. The summed E-state index contributed by atoms with van der Waals surface area (Å²) in [6, 6.07) is 9.69. The van der Waals surface area contributed by atoms with Crippen LogP contribution in [0.2, 0.25) is 0 Å². The molecule has 0 aliphatic carbocycles. The zero-order valence-electron chi connectivity index (χ0n) is 8.06. The fraction of sp³-hybridized carbons (Fsp3) is 0.273. The highest BCUT2D eigenvalue weighted by molar-refractivity contribution is 9.10. The lowest BCUT2D eigenvalue weighted by molar-refractivity contribution is -0.143. The van der Waals surface area contributed by atoms with Gasteiger partial charge in [0.05, 0.1) is 6.61 Å². The Balaban J connectivity index is 2.28. The molecule has 1 aromatic rings. The van der Waals surface area contributed by atoms with Crippen molar-refractivity contribution in [2.45, 2.75) is 11.2 Å². The summed E-state index contributed by atoms with van der Waals surface area (Å²) in [6.45, 7) is 0.290. The van der Waals surface area contributed by atoms with Gasteiger partial charge in [0.25, 0.3) is 0 Å². The minimum Gasteiger partial charge on any atom is -0.464 e. The Bertz CT molecular complexity index is 324. The number of esters is 1. The molecule has 0 aromatic heterocycles. The highest BCUT2D eigenvalue weighted by Gasteiger charge is 2.14. The number of rotatable bonds is 5. The van der Waals surface area contributed by atoms with Crippen LogP contribution >= 0.6 is 15.9 Å². The van der Waals surface area contributed by atoms with Gasteiger partial charge in [-0.1, -0.05) is 46.3 Å². The summed E-state index contributed by atoms with van der Waals surface area (Å²) in [7, 11) is 0. The molecule has 0 heterocycles. The van der Waals surface area contributed by atoms with Crippen LogP contribution in [0.5, 0.6) is 0 Å².